The molecular weight excluding hydrogens is 479 g/mol. The summed E-state index contributed by atoms with van der Waals surface area (Å²) >= 11 is 0. The van der Waals surface area contributed by atoms with Crippen molar-refractivity contribution in [2.24, 2.45) is 10.9 Å². The Labute approximate surface area is 190 Å². The van der Waals surface area contributed by atoms with E-state index in [-0.39, 0.29) is 29.9 Å². The number of halogens is 1. The molecule has 0 radical (unpaired) electrons. The normalized spacial score (nSPS) is 15.0. The van der Waals surface area contributed by atoms with Gasteiger partial charge in [0, 0.05) is 46.3 Å². The van der Waals surface area contributed by atoms with Crippen molar-refractivity contribution < 1.29 is 4.79 Å². The molecule has 1 aromatic carbocycles. The van der Waals surface area contributed by atoms with E-state index in [1.165, 1.54) is 5.56 Å². The predicted molar refractivity (Wildman–Crippen MR) is 127 cm³/mol. The lowest BCUT2D eigenvalue weighted by Gasteiger charge is -2.34. The van der Waals surface area contributed by atoms with E-state index in [1.54, 1.807) is 7.05 Å². The summed E-state index contributed by atoms with van der Waals surface area (Å²) in [7, 11) is 3.52. The van der Waals surface area contributed by atoms with Crippen LogP contribution >= 0.6 is 24.0 Å². The first-order chi connectivity index (χ1) is 13.6. The zero-order chi connectivity index (χ0) is 19.9. The number of hydrogen-bond donors (Lipinski definition) is 2. The molecule has 1 saturated heterocycles. The Balaban J connectivity index is 0.00000300. The Kier molecular flexibility index (Phi) is 8.94. The van der Waals surface area contributed by atoms with E-state index in [1.807, 2.05) is 43.0 Å². The van der Waals surface area contributed by atoms with Gasteiger partial charge in [0.2, 0.25) is 5.91 Å². The number of benzene rings is 1. The number of likely N-dealkylation sites (tertiary alicyclic amines) is 1. The fourth-order valence-corrected chi connectivity index (χ4v) is 3.65. The molecule has 1 aliphatic rings. The number of hydrogen-bond acceptors (Lipinski definition) is 3. The van der Waals surface area contributed by atoms with Crippen LogP contribution in [0.1, 0.15) is 30.5 Å². The van der Waals surface area contributed by atoms with Crippen LogP contribution in [0.25, 0.3) is 5.69 Å². The molecular formula is C21H31IN6O. The molecule has 8 heteroatoms. The standard InChI is InChI=1S/C21H30N6O.HI/c1-16-8-13-27(25-16)19-7-5-4-6-18(19)15-24-21(23-3)26-11-9-17(10-12-26)14-20(28)22-2;/h4-8,13,17H,9-12,14-15H2,1-3H3,(H,22,28)(H,23,24);1H. The second-order valence-electron chi connectivity index (χ2n) is 7.24. The zero-order valence-electron chi connectivity index (χ0n) is 17.4. The Morgan fingerprint density at radius 2 is 1.97 bits per heavy atom. The molecule has 0 bridgehead atoms. The third kappa shape index (κ3) is 6.19. The number of nitrogens with zero attached hydrogens (tertiary/aromatic N) is 4. The van der Waals surface area contributed by atoms with Gasteiger partial charge in [-0.25, -0.2) is 4.68 Å². The number of rotatable bonds is 5. The van der Waals surface area contributed by atoms with Crippen LogP contribution in [0.2, 0.25) is 0 Å². The topological polar surface area (TPSA) is 74.5 Å². The van der Waals surface area contributed by atoms with Gasteiger partial charge < -0.3 is 15.5 Å². The van der Waals surface area contributed by atoms with E-state index in [9.17, 15) is 4.79 Å². The SMILES string of the molecule is CN=C(NCc1ccccc1-n1ccc(C)n1)N1CCC(CC(=O)NC)CC1.I. The number of aryl methyl sites for hydroxylation is 1. The van der Waals surface area contributed by atoms with E-state index in [0.29, 0.717) is 18.9 Å². The molecule has 1 aromatic heterocycles. The average Bonchev–Trinajstić information content (AvgIpc) is 3.16. The van der Waals surface area contributed by atoms with E-state index < -0.39 is 0 Å². The van der Waals surface area contributed by atoms with Gasteiger partial charge in [-0.05, 0) is 43.4 Å². The number of aromatic nitrogens is 2. The quantitative estimate of drug-likeness (QED) is 0.369. The highest BCUT2D eigenvalue weighted by Crippen LogP contribution is 2.21. The number of carbonyl (C=O) groups is 1. The molecule has 2 heterocycles. The number of piperidine rings is 1. The summed E-state index contributed by atoms with van der Waals surface area (Å²) in [5, 5.41) is 10.7. The van der Waals surface area contributed by atoms with Crippen LogP contribution in [-0.4, -0.2) is 53.7 Å². The number of para-hydroxylation sites is 1. The van der Waals surface area contributed by atoms with Crippen LogP contribution in [0.5, 0.6) is 0 Å². The second kappa shape index (κ2) is 11.2. The van der Waals surface area contributed by atoms with Gasteiger partial charge in [-0.15, -0.1) is 24.0 Å². The Hall–Kier alpha value is -2.10. The molecule has 0 spiro atoms. The van der Waals surface area contributed by atoms with Gasteiger partial charge >= 0.3 is 0 Å². The second-order valence-corrected chi connectivity index (χ2v) is 7.24. The van der Waals surface area contributed by atoms with E-state index >= 15 is 0 Å². The molecule has 1 amide bonds. The molecule has 0 atom stereocenters. The molecule has 0 saturated carbocycles. The Morgan fingerprint density at radius 1 is 1.24 bits per heavy atom. The zero-order valence-corrected chi connectivity index (χ0v) is 19.7. The summed E-state index contributed by atoms with van der Waals surface area (Å²) in [5.74, 6) is 1.49. The van der Waals surface area contributed by atoms with Gasteiger partial charge in [-0.2, -0.15) is 5.10 Å². The van der Waals surface area contributed by atoms with Gasteiger partial charge in [0.05, 0.1) is 11.4 Å². The minimum Gasteiger partial charge on any atom is -0.359 e. The fraction of sp³-hybridized carbons (Fsp3) is 0.476. The summed E-state index contributed by atoms with van der Waals surface area (Å²) in [6.07, 6.45) is 4.63. The highest BCUT2D eigenvalue weighted by molar-refractivity contribution is 14.0. The van der Waals surface area contributed by atoms with Crippen molar-refractivity contribution in [2.45, 2.75) is 32.7 Å². The first-order valence-corrected chi connectivity index (χ1v) is 9.87. The van der Waals surface area contributed by atoms with Crippen LogP contribution < -0.4 is 10.6 Å². The van der Waals surface area contributed by atoms with Crippen molar-refractivity contribution in [2.75, 3.05) is 27.2 Å². The minimum atomic E-state index is 0. The first kappa shape index (κ1) is 23.2. The van der Waals surface area contributed by atoms with Crippen molar-refractivity contribution in [1.29, 1.82) is 0 Å². The van der Waals surface area contributed by atoms with Crippen molar-refractivity contribution in [3.63, 3.8) is 0 Å². The average molecular weight is 510 g/mol. The summed E-state index contributed by atoms with van der Waals surface area (Å²) in [4.78, 5) is 18.3. The lowest BCUT2D eigenvalue weighted by atomic mass is 9.93. The number of guanidine groups is 1. The molecule has 2 aromatic rings. The molecule has 158 valence electrons. The van der Waals surface area contributed by atoms with Crippen LogP contribution in [0, 0.1) is 12.8 Å². The molecule has 0 unspecified atom stereocenters. The predicted octanol–water partition coefficient (Wildman–Crippen LogP) is 2.72. The van der Waals surface area contributed by atoms with Crippen LogP contribution in [0.3, 0.4) is 0 Å². The minimum absolute atomic E-state index is 0. The first-order valence-electron chi connectivity index (χ1n) is 9.87. The summed E-state index contributed by atoms with van der Waals surface area (Å²) in [6.45, 7) is 4.51. The summed E-state index contributed by atoms with van der Waals surface area (Å²) < 4.78 is 1.92. The van der Waals surface area contributed by atoms with Crippen LogP contribution in [0.15, 0.2) is 41.5 Å². The third-order valence-electron chi connectivity index (χ3n) is 5.28. The monoisotopic (exact) mass is 510 g/mol. The highest BCUT2D eigenvalue weighted by Gasteiger charge is 2.23. The van der Waals surface area contributed by atoms with Gasteiger partial charge in [0.25, 0.3) is 0 Å². The Morgan fingerprint density at radius 3 is 2.59 bits per heavy atom. The summed E-state index contributed by atoms with van der Waals surface area (Å²) in [5.41, 5.74) is 3.24. The Bertz CT molecular complexity index is 826. The fourth-order valence-electron chi connectivity index (χ4n) is 3.65. The number of nitrogens with one attached hydrogen (secondary N) is 2. The van der Waals surface area contributed by atoms with Crippen LogP contribution in [-0.2, 0) is 11.3 Å². The van der Waals surface area contributed by atoms with Crippen molar-refractivity contribution in [3.8, 4) is 5.69 Å². The molecule has 29 heavy (non-hydrogen) atoms. The molecule has 3 rings (SSSR count). The number of amides is 1. The largest absolute Gasteiger partial charge is 0.359 e. The summed E-state index contributed by atoms with van der Waals surface area (Å²) in [6, 6.07) is 10.3. The number of aliphatic imine (C=N–C) groups is 1. The molecule has 2 N–H and O–H groups in total. The molecule has 1 fully saturated rings. The van der Waals surface area contributed by atoms with Gasteiger partial charge in [-0.3, -0.25) is 9.79 Å². The molecule has 0 aliphatic carbocycles. The molecule has 1 aliphatic heterocycles. The van der Waals surface area contributed by atoms with Gasteiger partial charge in [0.15, 0.2) is 5.96 Å². The van der Waals surface area contributed by atoms with Crippen molar-refractivity contribution in [3.05, 3.63) is 47.8 Å². The lowest BCUT2D eigenvalue weighted by molar-refractivity contribution is -0.121. The molecule has 7 nitrogen and oxygen atoms in total. The maximum atomic E-state index is 11.6. The van der Waals surface area contributed by atoms with Gasteiger partial charge in [-0.1, -0.05) is 18.2 Å². The van der Waals surface area contributed by atoms with Gasteiger partial charge in [0.1, 0.15) is 0 Å². The van der Waals surface area contributed by atoms with Crippen molar-refractivity contribution >= 4 is 35.8 Å². The van der Waals surface area contributed by atoms with Crippen molar-refractivity contribution in [1.82, 2.24) is 25.3 Å². The highest BCUT2D eigenvalue weighted by atomic mass is 127. The lowest BCUT2D eigenvalue weighted by Crippen LogP contribution is -2.45. The smallest absolute Gasteiger partial charge is 0.220 e. The van der Waals surface area contributed by atoms with E-state index in [4.69, 9.17) is 0 Å². The maximum absolute atomic E-state index is 11.6. The third-order valence-corrected chi connectivity index (χ3v) is 5.28. The maximum Gasteiger partial charge on any atom is 0.220 e. The van der Waals surface area contributed by atoms with E-state index in [0.717, 1.165) is 43.3 Å². The number of carbonyl (C=O) groups excluding carboxylic acids is 1. The van der Waals surface area contributed by atoms with Crippen LogP contribution in [0.4, 0.5) is 0 Å². The van der Waals surface area contributed by atoms with E-state index in [2.05, 4.69) is 37.8 Å².